The van der Waals surface area contributed by atoms with Crippen molar-refractivity contribution in [2.24, 2.45) is 0 Å². The predicted molar refractivity (Wildman–Crippen MR) is 75.6 cm³/mol. The van der Waals surface area contributed by atoms with Crippen LogP contribution >= 0.6 is 38.5 Å². The Morgan fingerprint density at radius 3 is 2.81 bits per heavy atom. The minimum absolute atomic E-state index is 0.0946. The van der Waals surface area contributed by atoms with Gasteiger partial charge in [-0.15, -0.1) is 0 Å². The molecular weight excluding hydrogens is 383 g/mol. The van der Waals surface area contributed by atoms with Crippen LogP contribution in [0.2, 0.25) is 0 Å². The molecule has 1 N–H and O–H groups in total. The fraction of sp³-hybridized carbons (Fsp3) is 0.364. The highest BCUT2D eigenvalue weighted by atomic mass is 127. The van der Waals surface area contributed by atoms with Gasteiger partial charge < -0.3 is 10.2 Å². The average Bonchev–Trinajstić information content (AvgIpc) is 2.18. The van der Waals surface area contributed by atoms with Gasteiger partial charge in [-0.2, -0.15) is 0 Å². The van der Waals surface area contributed by atoms with Crippen molar-refractivity contribution < 1.29 is 4.79 Å². The van der Waals surface area contributed by atoms with Crippen LogP contribution in [0, 0.1) is 3.57 Å². The lowest BCUT2D eigenvalue weighted by molar-refractivity contribution is 0.0680. The number of benzene rings is 1. The van der Waals surface area contributed by atoms with Crippen LogP contribution in [0.4, 0.5) is 0 Å². The molecule has 0 aliphatic carbocycles. The van der Waals surface area contributed by atoms with Crippen molar-refractivity contribution in [1.82, 2.24) is 10.2 Å². The van der Waals surface area contributed by atoms with Gasteiger partial charge in [-0.3, -0.25) is 4.79 Å². The highest BCUT2D eigenvalue weighted by Crippen LogP contribution is 2.20. The van der Waals surface area contributed by atoms with Crippen LogP contribution in [0.3, 0.4) is 0 Å². The lowest BCUT2D eigenvalue weighted by Gasteiger charge is -2.35. The third-order valence-corrected chi connectivity index (χ3v) is 4.22. The number of rotatable bonds is 2. The van der Waals surface area contributed by atoms with Gasteiger partial charge in [-0.1, -0.05) is 15.9 Å². The summed E-state index contributed by atoms with van der Waals surface area (Å²) in [6, 6.07) is 6.11. The lowest BCUT2D eigenvalue weighted by Crippen LogP contribution is -2.57. The van der Waals surface area contributed by atoms with E-state index in [1.54, 1.807) is 0 Å². The molecule has 2 rings (SSSR count). The Kier molecular flexibility index (Phi) is 3.86. The van der Waals surface area contributed by atoms with Crippen molar-refractivity contribution in [3.63, 3.8) is 0 Å². The quantitative estimate of drug-likeness (QED) is 0.779. The van der Waals surface area contributed by atoms with E-state index in [0.717, 1.165) is 26.7 Å². The summed E-state index contributed by atoms with van der Waals surface area (Å²) in [5, 5.41) is 3.17. The van der Waals surface area contributed by atoms with Crippen molar-refractivity contribution >= 4 is 44.4 Å². The number of carbonyl (C=O) groups excluding carboxylic acids is 1. The standard InChI is InChI=1S/C11H12BrIN2O/c1-15(8-5-14-6-8)11(16)9-4-7(12)2-3-10(9)13/h2-4,8,14H,5-6H2,1H3. The summed E-state index contributed by atoms with van der Waals surface area (Å²) in [6.45, 7) is 1.79. The van der Waals surface area contributed by atoms with Crippen molar-refractivity contribution in [3.8, 4) is 0 Å². The molecule has 1 saturated heterocycles. The fourth-order valence-electron chi connectivity index (χ4n) is 1.56. The van der Waals surface area contributed by atoms with Crippen LogP contribution in [-0.2, 0) is 0 Å². The van der Waals surface area contributed by atoms with Gasteiger partial charge in [0, 0.05) is 28.2 Å². The summed E-state index contributed by atoms with van der Waals surface area (Å²) >= 11 is 5.59. The zero-order valence-electron chi connectivity index (χ0n) is 8.84. The van der Waals surface area contributed by atoms with Crippen LogP contribution in [0.15, 0.2) is 22.7 Å². The van der Waals surface area contributed by atoms with E-state index in [-0.39, 0.29) is 5.91 Å². The molecule has 0 unspecified atom stereocenters. The molecule has 1 aromatic rings. The third kappa shape index (κ3) is 2.41. The number of nitrogens with zero attached hydrogens (tertiary/aromatic N) is 1. The highest BCUT2D eigenvalue weighted by molar-refractivity contribution is 14.1. The fourth-order valence-corrected chi connectivity index (χ4v) is 2.49. The van der Waals surface area contributed by atoms with Gasteiger partial charge in [0.1, 0.15) is 0 Å². The Bertz CT molecular complexity index is 420. The van der Waals surface area contributed by atoms with Crippen molar-refractivity contribution in [2.75, 3.05) is 20.1 Å². The third-order valence-electron chi connectivity index (χ3n) is 2.79. The second kappa shape index (κ2) is 5.01. The zero-order valence-corrected chi connectivity index (χ0v) is 12.6. The van der Waals surface area contributed by atoms with E-state index in [0.29, 0.717) is 6.04 Å². The van der Waals surface area contributed by atoms with E-state index < -0.39 is 0 Å². The lowest BCUT2D eigenvalue weighted by atomic mass is 10.1. The molecule has 0 radical (unpaired) electrons. The zero-order chi connectivity index (χ0) is 11.7. The van der Waals surface area contributed by atoms with Crippen LogP contribution in [0.5, 0.6) is 0 Å². The number of carbonyl (C=O) groups is 1. The molecule has 1 fully saturated rings. The number of likely N-dealkylation sites (N-methyl/N-ethyl adjacent to an activating group) is 1. The molecule has 0 spiro atoms. The molecule has 1 aliphatic heterocycles. The first-order chi connectivity index (χ1) is 7.59. The van der Waals surface area contributed by atoms with Crippen molar-refractivity contribution in [1.29, 1.82) is 0 Å². The first kappa shape index (κ1) is 12.3. The van der Waals surface area contributed by atoms with Crippen LogP contribution < -0.4 is 5.32 Å². The van der Waals surface area contributed by atoms with Gasteiger partial charge in [0.05, 0.1) is 11.6 Å². The Balaban J connectivity index is 2.22. The van der Waals surface area contributed by atoms with Crippen LogP contribution in [0.1, 0.15) is 10.4 Å². The summed E-state index contributed by atoms with van der Waals surface area (Å²) in [7, 11) is 1.87. The normalized spacial score (nSPS) is 15.7. The summed E-state index contributed by atoms with van der Waals surface area (Å²) in [5.74, 6) is 0.0946. The van der Waals surface area contributed by atoms with Gasteiger partial charge in [-0.05, 0) is 40.8 Å². The van der Waals surface area contributed by atoms with E-state index >= 15 is 0 Å². The molecule has 1 heterocycles. The molecule has 1 aromatic carbocycles. The molecule has 5 heteroatoms. The molecule has 16 heavy (non-hydrogen) atoms. The number of hydrogen-bond donors (Lipinski definition) is 1. The molecule has 1 amide bonds. The molecule has 0 aromatic heterocycles. The Morgan fingerprint density at radius 2 is 2.25 bits per heavy atom. The number of halogens is 2. The number of nitrogens with one attached hydrogen (secondary N) is 1. The summed E-state index contributed by atoms with van der Waals surface area (Å²) in [5.41, 5.74) is 0.768. The largest absolute Gasteiger partial charge is 0.336 e. The molecule has 86 valence electrons. The van der Waals surface area contributed by atoms with Crippen LogP contribution in [-0.4, -0.2) is 37.0 Å². The average molecular weight is 395 g/mol. The van der Waals surface area contributed by atoms with Crippen molar-refractivity contribution in [3.05, 3.63) is 31.8 Å². The topological polar surface area (TPSA) is 32.3 Å². The van der Waals surface area contributed by atoms with Gasteiger partial charge >= 0.3 is 0 Å². The van der Waals surface area contributed by atoms with E-state index in [4.69, 9.17) is 0 Å². The Morgan fingerprint density at radius 1 is 1.56 bits per heavy atom. The van der Waals surface area contributed by atoms with Gasteiger partial charge in [0.2, 0.25) is 0 Å². The highest BCUT2D eigenvalue weighted by Gasteiger charge is 2.26. The summed E-state index contributed by atoms with van der Waals surface area (Å²) < 4.78 is 1.93. The first-order valence-corrected chi connectivity index (χ1v) is 6.89. The van der Waals surface area contributed by atoms with Gasteiger partial charge in [0.15, 0.2) is 0 Å². The SMILES string of the molecule is CN(C(=O)c1cc(Br)ccc1I)C1CNC1. The maximum absolute atomic E-state index is 12.2. The van der Waals surface area contributed by atoms with E-state index in [2.05, 4.69) is 43.8 Å². The minimum atomic E-state index is 0.0946. The second-order valence-corrected chi connectivity index (χ2v) is 5.93. The van der Waals surface area contributed by atoms with E-state index in [1.165, 1.54) is 0 Å². The number of amides is 1. The maximum atomic E-state index is 12.2. The smallest absolute Gasteiger partial charge is 0.255 e. The molecule has 0 atom stereocenters. The van der Waals surface area contributed by atoms with Crippen LogP contribution in [0.25, 0.3) is 0 Å². The first-order valence-electron chi connectivity index (χ1n) is 5.02. The molecule has 3 nitrogen and oxygen atoms in total. The van der Waals surface area contributed by atoms with E-state index in [1.807, 2.05) is 30.1 Å². The maximum Gasteiger partial charge on any atom is 0.255 e. The molecule has 0 saturated carbocycles. The van der Waals surface area contributed by atoms with E-state index in [9.17, 15) is 4.79 Å². The molecule has 0 bridgehead atoms. The number of hydrogen-bond acceptors (Lipinski definition) is 2. The van der Waals surface area contributed by atoms with Gasteiger partial charge in [-0.25, -0.2) is 0 Å². The molecular formula is C11H12BrIN2O. The Hall–Kier alpha value is -0.140. The second-order valence-electron chi connectivity index (χ2n) is 3.85. The molecule has 1 aliphatic rings. The Labute approximate surface area is 117 Å². The predicted octanol–water partition coefficient (Wildman–Crippen LogP) is 2.10. The van der Waals surface area contributed by atoms with Crippen molar-refractivity contribution in [2.45, 2.75) is 6.04 Å². The summed E-state index contributed by atoms with van der Waals surface area (Å²) in [6.07, 6.45) is 0. The minimum Gasteiger partial charge on any atom is -0.336 e. The monoisotopic (exact) mass is 394 g/mol. The van der Waals surface area contributed by atoms with Gasteiger partial charge in [0.25, 0.3) is 5.91 Å². The summed E-state index contributed by atoms with van der Waals surface area (Å²) in [4.78, 5) is 14.0.